The molecule has 2 aliphatic rings. The van der Waals surface area contributed by atoms with E-state index in [9.17, 15) is 9.59 Å². The number of nitrogens with zero attached hydrogens (tertiary/aromatic N) is 1. The van der Waals surface area contributed by atoms with E-state index in [0.29, 0.717) is 24.7 Å². The van der Waals surface area contributed by atoms with Gasteiger partial charge < -0.3 is 19.4 Å². The summed E-state index contributed by atoms with van der Waals surface area (Å²) in [5, 5.41) is 0. The maximum atomic E-state index is 12.5. The maximum Gasteiger partial charge on any atom is 0.331 e. The number of ether oxygens (including phenoxy) is 2. The lowest BCUT2D eigenvalue weighted by atomic mass is 10.1. The zero-order valence-corrected chi connectivity index (χ0v) is 12.1. The summed E-state index contributed by atoms with van der Waals surface area (Å²) in [4.78, 5) is 28.5. The number of hydrogen-bond acceptors (Lipinski definition) is 4. The number of methoxy groups -OCH3 is 1. The molecule has 1 aliphatic carbocycles. The number of H-pyrrole nitrogens is 1. The van der Waals surface area contributed by atoms with Crippen LogP contribution in [0.25, 0.3) is 0 Å². The predicted molar refractivity (Wildman–Crippen MR) is 75.0 cm³/mol. The molecule has 1 unspecified atom stereocenters. The molecule has 2 fully saturated rings. The van der Waals surface area contributed by atoms with E-state index in [1.807, 2.05) is 12.3 Å². The number of aromatic nitrogens is 1. The molecule has 1 aromatic rings. The Bertz CT molecular complexity index is 536. The molecule has 1 aliphatic heterocycles. The van der Waals surface area contributed by atoms with Crippen LogP contribution in [0.2, 0.25) is 0 Å². The van der Waals surface area contributed by atoms with Gasteiger partial charge in [0, 0.05) is 19.3 Å². The van der Waals surface area contributed by atoms with E-state index in [4.69, 9.17) is 4.74 Å². The standard InChI is InChI=1S/C15H20N2O4/c1-20-13(18)9-21-11-5-7-17(8-11)15(19)14-12(4-6-16-14)10-2-3-10/h4,6,10-11,16H,2-3,5,7-9H2,1H3. The van der Waals surface area contributed by atoms with E-state index in [2.05, 4.69) is 9.72 Å². The summed E-state index contributed by atoms with van der Waals surface area (Å²) in [5.74, 6) is 0.190. The molecule has 114 valence electrons. The number of carbonyl (C=O) groups is 2. The predicted octanol–water partition coefficient (Wildman–Crippen LogP) is 1.30. The van der Waals surface area contributed by atoms with Crippen molar-refractivity contribution in [3.63, 3.8) is 0 Å². The molecule has 1 atom stereocenters. The van der Waals surface area contributed by atoms with Gasteiger partial charge in [0.15, 0.2) is 0 Å². The van der Waals surface area contributed by atoms with Crippen LogP contribution in [-0.4, -0.2) is 54.7 Å². The molecule has 6 nitrogen and oxygen atoms in total. The van der Waals surface area contributed by atoms with Gasteiger partial charge in [0.05, 0.1) is 13.2 Å². The van der Waals surface area contributed by atoms with Gasteiger partial charge in [-0.25, -0.2) is 4.79 Å². The highest BCUT2D eigenvalue weighted by Gasteiger charge is 2.33. The first-order valence-corrected chi connectivity index (χ1v) is 7.34. The van der Waals surface area contributed by atoms with Crippen molar-refractivity contribution in [2.45, 2.75) is 31.3 Å². The average molecular weight is 292 g/mol. The minimum absolute atomic E-state index is 0.0334. The van der Waals surface area contributed by atoms with E-state index in [0.717, 1.165) is 12.0 Å². The third kappa shape index (κ3) is 3.10. The van der Waals surface area contributed by atoms with Crippen LogP contribution in [0.1, 0.15) is 41.2 Å². The van der Waals surface area contributed by atoms with Crippen LogP contribution in [0.3, 0.4) is 0 Å². The van der Waals surface area contributed by atoms with Crippen molar-refractivity contribution in [1.82, 2.24) is 9.88 Å². The van der Waals surface area contributed by atoms with Crippen molar-refractivity contribution < 1.29 is 19.1 Å². The number of amides is 1. The first-order chi connectivity index (χ1) is 10.2. The van der Waals surface area contributed by atoms with Gasteiger partial charge in [0.2, 0.25) is 0 Å². The molecule has 0 bridgehead atoms. The quantitative estimate of drug-likeness (QED) is 0.830. The Kier molecular flexibility index (Phi) is 3.96. The molecule has 1 aromatic heterocycles. The summed E-state index contributed by atoms with van der Waals surface area (Å²) in [7, 11) is 1.33. The monoisotopic (exact) mass is 292 g/mol. The molecule has 0 radical (unpaired) electrons. The molecule has 1 amide bonds. The highest BCUT2D eigenvalue weighted by molar-refractivity contribution is 5.94. The fourth-order valence-corrected chi connectivity index (χ4v) is 2.75. The van der Waals surface area contributed by atoms with Crippen LogP contribution in [0, 0.1) is 0 Å². The summed E-state index contributed by atoms with van der Waals surface area (Å²) >= 11 is 0. The van der Waals surface area contributed by atoms with E-state index >= 15 is 0 Å². The zero-order valence-electron chi connectivity index (χ0n) is 12.1. The maximum absolute atomic E-state index is 12.5. The second-order valence-electron chi connectivity index (χ2n) is 5.63. The highest BCUT2D eigenvalue weighted by atomic mass is 16.6. The van der Waals surface area contributed by atoms with Gasteiger partial charge >= 0.3 is 5.97 Å². The Hall–Kier alpha value is -1.82. The molecular weight excluding hydrogens is 272 g/mol. The normalized spacial score (nSPS) is 21.6. The number of esters is 1. The fourth-order valence-electron chi connectivity index (χ4n) is 2.75. The molecule has 0 aromatic carbocycles. The van der Waals surface area contributed by atoms with Gasteiger partial charge in [-0.15, -0.1) is 0 Å². The van der Waals surface area contributed by atoms with E-state index in [-0.39, 0.29) is 24.6 Å². The van der Waals surface area contributed by atoms with Crippen molar-refractivity contribution in [3.8, 4) is 0 Å². The summed E-state index contributed by atoms with van der Waals surface area (Å²) < 4.78 is 10.0. The van der Waals surface area contributed by atoms with Gasteiger partial charge in [-0.05, 0) is 36.8 Å². The number of likely N-dealkylation sites (tertiary alicyclic amines) is 1. The summed E-state index contributed by atoms with van der Waals surface area (Å²) in [6.45, 7) is 1.13. The number of nitrogens with one attached hydrogen (secondary N) is 1. The van der Waals surface area contributed by atoms with Crippen molar-refractivity contribution in [2.24, 2.45) is 0 Å². The minimum Gasteiger partial charge on any atom is -0.467 e. The van der Waals surface area contributed by atoms with Crippen molar-refractivity contribution in [2.75, 3.05) is 26.8 Å². The highest BCUT2D eigenvalue weighted by Crippen LogP contribution is 2.41. The summed E-state index contributed by atoms with van der Waals surface area (Å²) in [6.07, 6.45) is 4.84. The first-order valence-electron chi connectivity index (χ1n) is 7.34. The molecule has 6 heteroatoms. The van der Waals surface area contributed by atoms with Crippen LogP contribution in [-0.2, 0) is 14.3 Å². The summed E-state index contributed by atoms with van der Waals surface area (Å²) in [5.41, 5.74) is 1.85. The fraction of sp³-hybridized carbons (Fsp3) is 0.600. The van der Waals surface area contributed by atoms with Crippen molar-refractivity contribution in [3.05, 3.63) is 23.5 Å². The number of rotatable bonds is 5. The Balaban J connectivity index is 1.56. The Morgan fingerprint density at radius 2 is 2.19 bits per heavy atom. The van der Waals surface area contributed by atoms with E-state index < -0.39 is 0 Å². The SMILES string of the molecule is COC(=O)COC1CCN(C(=O)c2[nH]ccc2C2CC2)C1. The average Bonchev–Trinajstić information content (AvgIpc) is 3.05. The molecular formula is C15H20N2O4. The van der Waals surface area contributed by atoms with Crippen molar-refractivity contribution >= 4 is 11.9 Å². The number of hydrogen-bond donors (Lipinski definition) is 1. The Labute approximate surface area is 123 Å². The van der Waals surface area contributed by atoms with Crippen LogP contribution in [0.5, 0.6) is 0 Å². The first kappa shape index (κ1) is 14.1. The lowest BCUT2D eigenvalue weighted by Crippen LogP contribution is -2.31. The lowest BCUT2D eigenvalue weighted by molar-refractivity contribution is -0.147. The number of carbonyl (C=O) groups excluding carboxylic acids is 2. The molecule has 21 heavy (non-hydrogen) atoms. The third-order valence-electron chi connectivity index (χ3n) is 4.11. The second kappa shape index (κ2) is 5.89. The molecule has 0 spiro atoms. The van der Waals surface area contributed by atoms with E-state index in [1.54, 1.807) is 4.90 Å². The summed E-state index contributed by atoms with van der Waals surface area (Å²) in [6, 6.07) is 2.01. The molecule has 1 N–H and O–H groups in total. The third-order valence-corrected chi connectivity index (χ3v) is 4.11. The van der Waals surface area contributed by atoms with Crippen LogP contribution in [0.15, 0.2) is 12.3 Å². The molecule has 3 rings (SSSR count). The Morgan fingerprint density at radius 1 is 1.38 bits per heavy atom. The second-order valence-corrected chi connectivity index (χ2v) is 5.63. The molecule has 1 saturated carbocycles. The van der Waals surface area contributed by atoms with Crippen LogP contribution in [0.4, 0.5) is 0 Å². The van der Waals surface area contributed by atoms with Crippen LogP contribution >= 0.6 is 0 Å². The Morgan fingerprint density at radius 3 is 2.90 bits per heavy atom. The molecule has 1 saturated heterocycles. The van der Waals surface area contributed by atoms with Gasteiger partial charge in [-0.3, -0.25) is 4.79 Å². The van der Waals surface area contributed by atoms with Gasteiger partial charge in [0.25, 0.3) is 5.91 Å². The van der Waals surface area contributed by atoms with Crippen molar-refractivity contribution in [1.29, 1.82) is 0 Å². The topological polar surface area (TPSA) is 71.6 Å². The zero-order chi connectivity index (χ0) is 14.8. The van der Waals surface area contributed by atoms with Crippen LogP contribution < -0.4 is 0 Å². The minimum atomic E-state index is -0.389. The van der Waals surface area contributed by atoms with E-state index in [1.165, 1.54) is 20.0 Å². The largest absolute Gasteiger partial charge is 0.467 e. The smallest absolute Gasteiger partial charge is 0.331 e. The van der Waals surface area contributed by atoms with Gasteiger partial charge in [-0.1, -0.05) is 0 Å². The number of aromatic amines is 1. The lowest BCUT2D eigenvalue weighted by Gasteiger charge is -2.16. The van der Waals surface area contributed by atoms with Gasteiger partial charge in [-0.2, -0.15) is 0 Å². The van der Waals surface area contributed by atoms with Gasteiger partial charge in [0.1, 0.15) is 12.3 Å². The molecule has 2 heterocycles.